The standard InChI is InChI=1S/C17H29FN2/c1-7-17(4,5)20(6)16-9-8-15(18)10-14(16)12-19-11-13(2)3/h8-10,13,19H,7,11-12H2,1-6H3. The van der Waals surface area contributed by atoms with Crippen molar-refractivity contribution in [1.29, 1.82) is 0 Å². The number of hydrogen-bond donors (Lipinski definition) is 1. The van der Waals surface area contributed by atoms with Crippen LogP contribution in [-0.4, -0.2) is 19.1 Å². The molecule has 0 heterocycles. The third kappa shape index (κ3) is 4.48. The van der Waals surface area contributed by atoms with Crippen LogP contribution in [0.15, 0.2) is 18.2 Å². The molecule has 0 aliphatic rings. The van der Waals surface area contributed by atoms with Crippen molar-refractivity contribution in [2.24, 2.45) is 5.92 Å². The minimum atomic E-state index is -0.169. The molecule has 0 spiro atoms. The molecule has 3 heteroatoms. The molecule has 0 amide bonds. The summed E-state index contributed by atoms with van der Waals surface area (Å²) in [7, 11) is 2.09. The second-order valence-electron chi connectivity index (χ2n) is 6.52. The van der Waals surface area contributed by atoms with Crippen LogP contribution in [0.2, 0.25) is 0 Å². The van der Waals surface area contributed by atoms with Crippen LogP contribution in [0.5, 0.6) is 0 Å². The lowest BCUT2D eigenvalue weighted by Crippen LogP contribution is -2.41. The van der Waals surface area contributed by atoms with E-state index in [9.17, 15) is 4.39 Å². The summed E-state index contributed by atoms with van der Waals surface area (Å²) >= 11 is 0. The third-order valence-electron chi connectivity index (χ3n) is 4.04. The minimum absolute atomic E-state index is 0.0601. The maximum Gasteiger partial charge on any atom is 0.123 e. The Morgan fingerprint density at radius 3 is 2.50 bits per heavy atom. The number of benzene rings is 1. The molecule has 0 atom stereocenters. The minimum Gasteiger partial charge on any atom is -0.369 e. The van der Waals surface area contributed by atoms with E-state index >= 15 is 0 Å². The number of hydrogen-bond acceptors (Lipinski definition) is 2. The molecule has 0 aliphatic carbocycles. The van der Waals surface area contributed by atoms with Gasteiger partial charge in [-0.15, -0.1) is 0 Å². The zero-order valence-corrected chi connectivity index (χ0v) is 13.8. The molecule has 1 aromatic rings. The van der Waals surface area contributed by atoms with E-state index in [1.807, 2.05) is 6.07 Å². The van der Waals surface area contributed by atoms with Crippen LogP contribution < -0.4 is 10.2 Å². The summed E-state index contributed by atoms with van der Waals surface area (Å²) in [4.78, 5) is 2.25. The van der Waals surface area contributed by atoms with Gasteiger partial charge in [-0.05, 0) is 56.5 Å². The van der Waals surface area contributed by atoms with Crippen LogP contribution in [0, 0.1) is 11.7 Å². The van der Waals surface area contributed by atoms with E-state index < -0.39 is 0 Å². The van der Waals surface area contributed by atoms with Crippen molar-refractivity contribution >= 4 is 5.69 Å². The van der Waals surface area contributed by atoms with Gasteiger partial charge in [-0.1, -0.05) is 20.8 Å². The maximum absolute atomic E-state index is 13.5. The van der Waals surface area contributed by atoms with Crippen LogP contribution in [0.25, 0.3) is 0 Å². The molecule has 0 bridgehead atoms. The van der Waals surface area contributed by atoms with Crippen LogP contribution >= 0.6 is 0 Å². The topological polar surface area (TPSA) is 15.3 Å². The Morgan fingerprint density at radius 1 is 1.30 bits per heavy atom. The van der Waals surface area contributed by atoms with Crippen molar-refractivity contribution in [3.05, 3.63) is 29.6 Å². The lowest BCUT2D eigenvalue weighted by atomic mass is 9.98. The number of nitrogens with zero attached hydrogens (tertiary/aromatic N) is 1. The van der Waals surface area contributed by atoms with Gasteiger partial charge in [-0.2, -0.15) is 0 Å². The number of anilines is 1. The average molecular weight is 280 g/mol. The van der Waals surface area contributed by atoms with E-state index in [4.69, 9.17) is 0 Å². The molecule has 1 N–H and O–H groups in total. The van der Waals surface area contributed by atoms with Gasteiger partial charge in [0.05, 0.1) is 0 Å². The summed E-state index contributed by atoms with van der Waals surface area (Å²) in [5.74, 6) is 0.426. The second-order valence-corrected chi connectivity index (χ2v) is 6.52. The van der Waals surface area contributed by atoms with Crippen molar-refractivity contribution < 1.29 is 4.39 Å². The van der Waals surface area contributed by atoms with Crippen molar-refractivity contribution in [1.82, 2.24) is 5.32 Å². The molecule has 0 saturated heterocycles. The summed E-state index contributed by atoms with van der Waals surface area (Å²) < 4.78 is 13.5. The van der Waals surface area contributed by atoms with Gasteiger partial charge in [0.25, 0.3) is 0 Å². The first-order chi connectivity index (χ1) is 9.27. The Hall–Kier alpha value is -1.09. The van der Waals surface area contributed by atoms with Gasteiger partial charge in [0.1, 0.15) is 5.82 Å². The highest BCUT2D eigenvalue weighted by atomic mass is 19.1. The zero-order chi connectivity index (χ0) is 15.3. The Balaban J connectivity index is 2.95. The molecule has 114 valence electrons. The lowest BCUT2D eigenvalue weighted by Gasteiger charge is -2.38. The summed E-state index contributed by atoms with van der Waals surface area (Å²) in [5.41, 5.74) is 2.19. The average Bonchev–Trinajstić information content (AvgIpc) is 2.37. The number of halogens is 1. The molecular formula is C17H29FN2. The van der Waals surface area contributed by atoms with Crippen LogP contribution in [-0.2, 0) is 6.54 Å². The van der Waals surface area contributed by atoms with E-state index in [0.717, 1.165) is 24.2 Å². The van der Waals surface area contributed by atoms with E-state index in [1.54, 1.807) is 12.1 Å². The van der Waals surface area contributed by atoms with Crippen molar-refractivity contribution in [2.75, 3.05) is 18.5 Å². The van der Waals surface area contributed by atoms with Gasteiger partial charge >= 0.3 is 0 Å². The summed E-state index contributed by atoms with van der Waals surface area (Å²) in [6, 6.07) is 5.08. The zero-order valence-electron chi connectivity index (χ0n) is 13.8. The van der Waals surface area contributed by atoms with E-state index in [1.165, 1.54) is 0 Å². The Bertz CT molecular complexity index is 427. The van der Waals surface area contributed by atoms with Gasteiger partial charge in [0, 0.05) is 24.8 Å². The quantitative estimate of drug-likeness (QED) is 0.805. The largest absolute Gasteiger partial charge is 0.369 e. The Labute approximate surface area is 123 Å². The van der Waals surface area contributed by atoms with Crippen molar-refractivity contribution in [3.63, 3.8) is 0 Å². The highest BCUT2D eigenvalue weighted by Crippen LogP contribution is 2.28. The summed E-state index contributed by atoms with van der Waals surface area (Å²) in [5, 5.41) is 3.40. The molecule has 0 radical (unpaired) electrons. The molecule has 0 fully saturated rings. The SMILES string of the molecule is CCC(C)(C)N(C)c1ccc(F)cc1CNCC(C)C. The third-order valence-corrected chi connectivity index (χ3v) is 4.04. The summed E-state index contributed by atoms with van der Waals surface area (Å²) in [6.45, 7) is 12.6. The normalized spacial score (nSPS) is 12.0. The van der Waals surface area contributed by atoms with E-state index in [0.29, 0.717) is 12.5 Å². The van der Waals surface area contributed by atoms with Gasteiger partial charge in [-0.25, -0.2) is 4.39 Å². The highest BCUT2D eigenvalue weighted by Gasteiger charge is 2.23. The highest BCUT2D eigenvalue weighted by molar-refractivity contribution is 5.55. The second kappa shape index (κ2) is 7.07. The van der Waals surface area contributed by atoms with Gasteiger partial charge in [0.15, 0.2) is 0 Å². The number of rotatable bonds is 7. The molecule has 0 aliphatic heterocycles. The Morgan fingerprint density at radius 2 is 1.95 bits per heavy atom. The Kier molecular flexibility index (Phi) is 6.00. The number of nitrogens with one attached hydrogen (secondary N) is 1. The monoisotopic (exact) mass is 280 g/mol. The van der Waals surface area contributed by atoms with Crippen LogP contribution in [0.1, 0.15) is 46.6 Å². The van der Waals surface area contributed by atoms with E-state index in [2.05, 4.69) is 51.9 Å². The van der Waals surface area contributed by atoms with E-state index in [-0.39, 0.29) is 11.4 Å². The fraction of sp³-hybridized carbons (Fsp3) is 0.647. The first kappa shape index (κ1) is 17.0. The molecular weight excluding hydrogens is 251 g/mol. The van der Waals surface area contributed by atoms with Crippen LogP contribution in [0.4, 0.5) is 10.1 Å². The van der Waals surface area contributed by atoms with Gasteiger partial charge < -0.3 is 10.2 Å². The molecule has 1 rings (SSSR count). The fourth-order valence-electron chi connectivity index (χ4n) is 2.08. The molecule has 2 nitrogen and oxygen atoms in total. The fourth-order valence-corrected chi connectivity index (χ4v) is 2.08. The molecule has 20 heavy (non-hydrogen) atoms. The lowest BCUT2D eigenvalue weighted by molar-refractivity contribution is 0.468. The van der Waals surface area contributed by atoms with Gasteiger partial charge in [-0.3, -0.25) is 0 Å². The van der Waals surface area contributed by atoms with Crippen molar-refractivity contribution in [3.8, 4) is 0 Å². The predicted molar refractivity (Wildman–Crippen MR) is 85.7 cm³/mol. The molecule has 1 aromatic carbocycles. The van der Waals surface area contributed by atoms with Gasteiger partial charge in [0.2, 0.25) is 0 Å². The first-order valence-corrected chi connectivity index (χ1v) is 7.51. The predicted octanol–water partition coefficient (Wildman–Crippen LogP) is 4.20. The van der Waals surface area contributed by atoms with Crippen LogP contribution in [0.3, 0.4) is 0 Å². The first-order valence-electron chi connectivity index (χ1n) is 7.51. The maximum atomic E-state index is 13.5. The smallest absolute Gasteiger partial charge is 0.123 e. The summed E-state index contributed by atoms with van der Waals surface area (Å²) in [6.07, 6.45) is 1.04. The molecule has 0 saturated carbocycles. The molecule has 0 aromatic heterocycles. The van der Waals surface area contributed by atoms with Crippen molar-refractivity contribution in [2.45, 2.75) is 53.1 Å². The molecule has 0 unspecified atom stereocenters.